The maximum Gasteiger partial charge on any atom is 0.313 e. The molecular weight excluding hydrogens is 422 g/mol. The van der Waals surface area contributed by atoms with Crippen LogP contribution in [-0.2, 0) is 16.0 Å². The molecule has 1 aliphatic heterocycles. The first-order valence-corrected chi connectivity index (χ1v) is 11.8. The van der Waals surface area contributed by atoms with Crippen LogP contribution < -0.4 is 15.8 Å². The first kappa shape index (κ1) is 22.3. The molecule has 0 bridgehead atoms. The Labute approximate surface area is 192 Å². The van der Waals surface area contributed by atoms with Crippen LogP contribution in [0.1, 0.15) is 41.7 Å². The summed E-state index contributed by atoms with van der Waals surface area (Å²) in [5.41, 5.74) is 7.24. The second-order valence-corrected chi connectivity index (χ2v) is 9.23. The summed E-state index contributed by atoms with van der Waals surface area (Å²) >= 11 is 1.65. The lowest BCUT2D eigenvalue weighted by atomic mass is 9.94. The molecule has 0 spiro atoms. The Hall–Kier alpha value is -2.90. The van der Waals surface area contributed by atoms with E-state index in [2.05, 4.69) is 11.4 Å². The van der Waals surface area contributed by atoms with Gasteiger partial charge < -0.3 is 20.5 Å². The van der Waals surface area contributed by atoms with Crippen molar-refractivity contribution in [1.82, 2.24) is 5.32 Å². The molecule has 4 N–H and O–H groups in total. The summed E-state index contributed by atoms with van der Waals surface area (Å²) in [5.74, 6) is 0.248. The van der Waals surface area contributed by atoms with E-state index in [0.29, 0.717) is 31.2 Å². The molecule has 2 aromatic carbocycles. The predicted octanol–water partition coefficient (Wildman–Crippen LogP) is 4.21. The molecule has 0 saturated carbocycles. The Balaban J connectivity index is 1.51. The molecule has 1 aliphatic rings. The molecule has 0 aliphatic carbocycles. The molecule has 0 amide bonds. The van der Waals surface area contributed by atoms with Gasteiger partial charge in [0.2, 0.25) is 0 Å². The zero-order chi connectivity index (χ0) is 22.5. The van der Waals surface area contributed by atoms with Gasteiger partial charge in [-0.05, 0) is 80.1 Å². The van der Waals surface area contributed by atoms with Crippen molar-refractivity contribution in [2.75, 3.05) is 19.8 Å². The number of carbonyl (C=O) groups is 1. The van der Waals surface area contributed by atoms with E-state index in [1.807, 2.05) is 49.4 Å². The summed E-state index contributed by atoms with van der Waals surface area (Å²) in [6.07, 6.45) is 2.90. The van der Waals surface area contributed by atoms with Gasteiger partial charge in [-0.1, -0.05) is 12.1 Å². The highest BCUT2D eigenvalue weighted by molar-refractivity contribution is 7.19. The van der Waals surface area contributed by atoms with Gasteiger partial charge in [-0.25, -0.2) is 0 Å². The highest BCUT2D eigenvalue weighted by atomic mass is 32.1. The summed E-state index contributed by atoms with van der Waals surface area (Å²) in [5, 5.41) is 12.1. The summed E-state index contributed by atoms with van der Waals surface area (Å²) in [6, 6.07) is 16.0. The van der Waals surface area contributed by atoms with Crippen LogP contribution in [0.3, 0.4) is 0 Å². The van der Waals surface area contributed by atoms with Crippen LogP contribution in [0, 0.1) is 5.41 Å². The lowest BCUT2D eigenvalue weighted by molar-refractivity contribution is -0.144. The summed E-state index contributed by atoms with van der Waals surface area (Å²) in [6.45, 7) is 3.89. The Morgan fingerprint density at radius 2 is 2.06 bits per heavy atom. The fourth-order valence-electron chi connectivity index (χ4n) is 4.04. The SMILES string of the molecule is CCOC(=O)C(Cc1cc2cc(C(=N)N)ccc2s1)c1ccc(OC[C@@H]2CCCN2)cc1. The molecule has 3 aromatic rings. The molecule has 1 saturated heterocycles. The van der Waals surface area contributed by atoms with E-state index in [9.17, 15) is 4.79 Å². The Morgan fingerprint density at radius 1 is 1.25 bits per heavy atom. The number of esters is 1. The van der Waals surface area contributed by atoms with Gasteiger partial charge in [0.25, 0.3) is 0 Å². The van der Waals surface area contributed by atoms with Gasteiger partial charge in [-0.3, -0.25) is 10.2 Å². The van der Waals surface area contributed by atoms with Crippen molar-refractivity contribution in [3.63, 3.8) is 0 Å². The number of nitrogens with one attached hydrogen (secondary N) is 2. The van der Waals surface area contributed by atoms with Gasteiger partial charge in [0.1, 0.15) is 18.2 Å². The standard InChI is InChI=1S/C25H29N3O3S/c1-2-30-25(29)22(14-21-13-18-12-17(24(26)27)7-10-23(18)32-21)16-5-8-20(9-6-16)31-15-19-4-3-11-28-19/h5-10,12-13,19,22,28H,2-4,11,14-15H2,1H3,(H3,26,27)/t19-,22?/m0/s1. The highest BCUT2D eigenvalue weighted by Crippen LogP contribution is 2.32. The molecule has 2 atom stereocenters. The third kappa shape index (κ3) is 5.29. The smallest absolute Gasteiger partial charge is 0.313 e. The molecule has 1 fully saturated rings. The van der Waals surface area contributed by atoms with Crippen molar-refractivity contribution < 1.29 is 14.3 Å². The van der Waals surface area contributed by atoms with Crippen LogP contribution in [0.2, 0.25) is 0 Å². The molecule has 4 rings (SSSR count). The minimum absolute atomic E-state index is 0.0510. The quantitative estimate of drug-likeness (QED) is 0.257. The monoisotopic (exact) mass is 451 g/mol. The first-order valence-electron chi connectivity index (χ1n) is 11.0. The van der Waals surface area contributed by atoms with E-state index < -0.39 is 0 Å². The average Bonchev–Trinajstić information content (AvgIpc) is 3.45. The van der Waals surface area contributed by atoms with Gasteiger partial charge in [0, 0.05) is 21.2 Å². The third-order valence-electron chi connectivity index (χ3n) is 5.75. The van der Waals surface area contributed by atoms with Crippen molar-refractivity contribution in [3.8, 4) is 5.75 Å². The van der Waals surface area contributed by atoms with Gasteiger partial charge in [0.05, 0.1) is 12.5 Å². The van der Waals surface area contributed by atoms with E-state index >= 15 is 0 Å². The molecule has 6 nitrogen and oxygen atoms in total. The van der Waals surface area contributed by atoms with Crippen LogP contribution in [0.4, 0.5) is 0 Å². The van der Waals surface area contributed by atoms with Gasteiger partial charge >= 0.3 is 5.97 Å². The summed E-state index contributed by atoms with van der Waals surface area (Å²) in [4.78, 5) is 13.9. The predicted molar refractivity (Wildman–Crippen MR) is 129 cm³/mol. The van der Waals surface area contributed by atoms with Crippen LogP contribution in [0.5, 0.6) is 5.75 Å². The molecular formula is C25H29N3O3S. The van der Waals surface area contributed by atoms with Crippen LogP contribution in [0.25, 0.3) is 10.1 Å². The van der Waals surface area contributed by atoms with Gasteiger partial charge in [0.15, 0.2) is 0 Å². The fourth-order valence-corrected chi connectivity index (χ4v) is 5.13. The fraction of sp³-hybridized carbons (Fsp3) is 0.360. The Bertz CT molecular complexity index is 1090. The maximum absolute atomic E-state index is 12.8. The minimum atomic E-state index is -0.388. The summed E-state index contributed by atoms with van der Waals surface area (Å²) in [7, 11) is 0. The van der Waals surface area contributed by atoms with E-state index in [1.165, 1.54) is 6.42 Å². The number of benzene rings is 2. The number of nitrogens with two attached hydrogens (primary N) is 1. The number of amidine groups is 1. The topological polar surface area (TPSA) is 97.4 Å². The van der Waals surface area contributed by atoms with Crippen molar-refractivity contribution in [2.45, 2.75) is 38.1 Å². The average molecular weight is 452 g/mol. The van der Waals surface area contributed by atoms with Crippen LogP contribution in [-0.4, -0.2) is 37.6 Å². The largest absolute Gasteiger partial charge is 0.492 e. The van der Waals surface area contributed by atoms with Gasteiger partial charge in [-0.15, -0.1) is 11.3 Å². The number of fused-ring (bicyclic) bond motifs is 1. The number of hydrogen-bond donors (Lipinski definition) is 3. The number of ether oxygens (including phenoxy) is 2. The second-order valence-electron chi connectivity index (χ2n) is 8.06. The Kier molecular flexibility index (Phi) is 7.07. The first-order chi connectivity index (χ1) is 15.5. The summed E-state index contributed by atoms with van der Waals surface area (Å²) < 4.78 is 12.4. The normalized spacial score (nSPS) is 16.7. The molecule has 168 valence electrons. The van der Waals surface area contributed by atoms with Crippen LogP contribution in [0.15, 0.2) is 48.5 Å². The van der Waals surface area contributed by atoms with E-state index in [1.54, 1.807) is 11.3 Å². The Morgan fingerprint density at radius 3 is 2.75 bits per heavy atom. The number of nitrogen functional groups attached to an aromatic ring is 1. The van der Waals surface area contributed by atoms with Crippen molar-refractivity contribution in [2.24, 2.45) is 5.73 Å². The lowest BCUT2D eigenvalue weighted by Gasteiger charge is -2.16. The van der Waals surface area contributed by atoms with E-state index in [-0.39, 0.29) is 17.7 Å². The lowest BCUT2D eigenvalue weighted by Crippen LogP contribution is -2.28. The number of hydrogen-bond acceptors (Lipinski definition) is 6. The second kappa shape index (κ2) is 10.1. The van der Waals surface area contributed by atoms with Crippen molar-refractivity contribution >= 4 is 33.2 Å². The minimum Gasteiger partial charge on any atom is -0.492 e. The highest BCUT2D eigenvalue weighted by Gasteiger charge is 2.24. The maximum atomic E-state index is 12.8. The molecule has 2 heterocycles. The molecule has 1 unspecified atom stereocenters. The molecule has 7 heteroatoms. The number of thiophene rings is 1. The third-order valence-corrected chi connectivity index (χ3v) is 6.89. The molecule has 32 heavy (non-hydrogen) atoms. The zero-order valence-corrected chi connectivity index (χ0v) is 19.0. The van der Waals surface area contributed by atoms with Crippen molar-refractivity contribution in [3.05, 3.63) is 64.5 Å². The number of carbonyl (C=O) groups excluding carboxylic acids is 1. The van der Waals surface area contributed by atoms with Crippen molar-refractivity contribution in [1.29, 1.82) is 5.41 Å². The molecule has 0 radical (unpaired) electrons. The van der Waals surface area contributed by atoms with Gasteiger partial charge in [-0.2, -0.15) is 0 Å². The van der Waals surface area contributed by atoms with Crippen LogP contribution >= 0.6 is 11.3 Å². The molecule has 1 aromatic heterocycles. The zero-order valence-electron chi connectivity index (χ0n) is 18.2. The van der Waals surface area contributed by atoms with E-state index in [0.717, 1.165) is 39.2 Å². The van der Waals surface area contributed by atoms with E-state index in [4.69, 9.17) is 20.6 Å². The number of rotatable bonds is 9.